The molecular formula is C12H18N4S2. The van der Waals surface area contributed by atoms with Crippen molar-refractivity contribution in [3.63, 3.8) is 0 Å². The fraction of sp³-hybridized carbons (Fsp3) is 0.583. The normalized spacial score (nSPS) is 13.2. The summed E-state index contributed by atoms with van der Waals surface area (Å²) in [6.07, 6.45) is 0. The van der Waals surface area contributed by atoms with Crippen LogP contribution in [0.3, 0.4) is 0 Å². The zero-order valence-corrected chi connectivity index (χ0v) is 13.0. The van der Waals surface area contributed by atoms with Crippen LogP contribution in [0.1, 0.15) is 39.1 Å². The minimum atomic E-state index is 0.316. The Labute approximate surface area is 116 Å². The molecule has 0 saturated carbocycles. The average Bonchev–Trinajstić information content (AvgIpc) is 2.85. The molecule has 0 aliphatic heterocycles. The largest absolute Gasteiger partial charge is 0.293 e. The second kappa shape index (κ2) is 5.42. The topological polar surface area (TPSA) is 41.9 Å². The average molecular weight is 282 g/mol. The number of thiazole rings is 1. The third-order valence-corrected chi connectivity index (χ3v) is 4.84. The molecule has 2 aromatic heterocycles. The first-order chi connectivity index (χ1) is 8.49. The third kappa shape index (κ3) is 2.76. The van der Waals surface area contributed by atoms with E-state index in [1.165, 1.54) is 27.0 Å². The maximum Gasteiger partial charge on any atom is 0.0900 e. The van der Waals surface area contributed by atoms with Crippen molar-refractivity contribution >= 4 is 22.9 Å². The first-order valence-corrected chi connectivity index (χ1v) is 7.50. The lowest BCUT2D eigenvalue weighted by Gasteiger charge is -2.23. The van der Waals surface area contributed by atoms with E-state index in [0.29, 0.717) is 6.04 Å². The molecule has 0 radical (unpaired) electrons. The van der Waals surface area contributed by atoms with Crippen LogP contribution < -0.4 is 0 Å². The van der Waals surface area contributed by atoms with Gasteiger partial charge in [0.25, 0.3) is 0 Å². The van der Waals surface area contributed by atoms with Gasteiger partial charge >= 0.3 is 0 Å². The fourth-order valence-corrected chi connectivity index (χ4v) is 3.50. The SMILES string of the molecule is Cc1nc(C(C)N(C)Cc2snnc2C)c(C)s1. The van der Waals surface area contributed by atoms with Gasteiger partial charge in [-0.05, 0) is 46.3 Å². The highest BCUT2D eigenvalue weighted by Gasteiger charge is 2.19. The van der Waals surface area contributed by atoms with Crippen molar-refractivity contribution in [2.24, 2.45) is 0 Å². The van der Waals surface area contributed by atoms with Gasteiger partial charge in [-0.15, -0.1) is 16.4 Å². The lowest BCUT2D eigenvalue weighted by Crippen LogP contribution is -2.22. The van der Waals surface area contributed by atoms with Gasteiger partial charge < -0.3 is 0 Å². The van der Waals surface area contributed by atoms with Crippen LogP contribution in [0.25, 0.3) is 0 Å². The van der Waals surface area contributed by atoms with Crippen molar-refractivity contribution < 1.29 is 0 Å². The maximum absolute atomic E-state index is 4.63. The summed E-state index contributed by atoms with van der Waals surface area (Å²) in [5.41, 5.74) is 2.22. The molecule has 0 bridgehead atoms. The minimum Gasteiger partial charge on any atom is -0.293 e. The Morgan fingerprint density at radius 3 is 2.50 bits per heavy atom. The van der Waals surface area contributed by atoms with Gasteiger partial charge in [-0.3, -0.25) is 4.90 Å². The first kappa shape index (κ1) is 13.6. The van der Waals surface area contributed by atoms with Crippen LogP contribution in [0, 0.1) is 20.8 Å². The van der Waals surface area contributed by atoms with Gasteiger partial charge in [-0.25, -0.2) is 4.98 Å². The zero-order valence-electron chi connectivity index (χ0n) is 11.4. The van der Waals surface area contributed by atoms with Crippen molar-refractivity contribution in [2.75, 3.05) is 7.05 Å². The van der Waals surface area contributed by atoms with Gasteiger partial charge in [0, 0.05) is 11.4 Å². The van der Waals surface area contributed by atoms with Gasteiger partial charge in [0.15, 0.2) is 0 Å². The van der Waals surface area contributed by atoms with E-state index in [-0.39, 0.29) is 0 Å². The molecule has 0 aliphatic carbocycles. The fourth-order valence-electron chi connectivity index (χ4n) is 1.90. The Bertz CT molecular complexity index is 532. The van der Waals surface area contributed by atoms with Crippen LogP contribution in [-0.4, -0.2) is 26.5 Å². The van der Waals surface area contributed by atoms with Crippen LogP contribution in [0.15, 0.2) is 0 Å². The van der Waals surface area contributed by atoms with E-state index < -0.39 is 0 Å². The predicted octanol–water partition coefficient (Wildman–Crippen LogP) is 3.11. The highest BCUT2D eigenvalue weighted by atomic mass is 32.1. The summed E-state index contributed by atoms with van der Waals surface area (Å²) in [4.78, 5) is 9.47. The van der Waals surface area contributed by atoms with Crippen LogP contribution in [0.5, 0.6) is 0 Å². The number of hydrogen-bond donors (Lipinski definition) is 0. The van der Waals surface area contributed by atoms with E-state index in [1.807, 2.05) is 6.92 Å². The molecule has 2 aromatic rings. The second-order valence-corrected chi connectivity index (χ2v) is 6.79. The molecule has 98 valence electrons. The van der Waals surface area contributed by atoms with Crippen molar-refractivity contribution in [2.45, 2.75) is 40.3 Å². The minimum absolute atomic E-state index is 0.316. The summed E-state index contributed by atoms with van der Waals surface area (Å²) in [5.74, 6) is 0. The number of nitrogens with zero attached hydrogens (tertiary/aromatic N) is 4. The van der Waals surface area contributed by atoms with Crippen molar-refractivity contribution in [3.05, 3.63) is 26.1 Å². The van der Waals surface area contributed by atoms with Crippen molar-refractivity contribution in [1.29, 1.82) is 0 Å². The molecule has 6 heteroatoms. The van der Waals surface area contributed by atoms with Gasteiger partial charge in [0.05, 0.1) is 27.3 Å². The zero-order chi connectivity index (χ0) is 13.3. The van der Waals surface area contributed by atoms with Gasteiger partial charge in [0.2, 0.25) is 0 Å². The molecule has 0 amide bonds. The first-order valence-electron chi connectivity index (χ1n) is 5.91. The van der Waals surface area contributed by atoms with Crippen molar-refractivity contribution in [3.8, 4) is 0 Å². The maximum atomic E-state index is 4.63. The number of aromatic nitrogens is 3. The Morgan fingerprint density at radius 1 is 1.28 bits per heavy atom. The summed E-state index contributed by atoms with van der Waals surface area (Å²) in [7, 11) is 2.12. The lowest BCUT2D eigenvalue weighted by molar-refractivity contribution is 0.250. The van der Waals surface area contributed by atoms with Gasteiger partial charge in [-0.1, -0.05) is 4.49 Å². The third-order valence-electron chi connectivity index (χ3n) is 3.13. The summed E-state index contributed by atoms with van der Waals surface area (Å²) < 4.78 is 3.98. The molecule has 0 N–H and O–H groups in total. The molecular weight excluding hydrogens is 264 g/mol. The molecule has 4 nitrogen and oxygen atoms in total. The van der Waals surface area contributed by atoms with Crippen LogP contribution >= 0.6 is 22.9 Å². The second-order valence-electron chi connectivity index (χ2n) is 4.55. The monoisotopic (exact) mass is 282 g/mol. The van der Waals surface area contributed by atoms with E-state index in [1.54, 1.807) is 11.3 Å². The molecule has 2 heterocycles. The van der Waals surface area contributed by atoms with Crippen LogP contribution in [0.2, 0.25) is 0 Å². The molecule has 0 saturated heterocycles. The van der Waals surface area contributed by atoms with Crippen LogP contribution in [0.4, 0.5) is 0 Å². The van der Waals surface area contributed by atoms with E-state index >= 15 is 0 Å². The molecule has 1 unspecified atom stereocenters. The summed E-state index contributed by atoms with van der Waals surface area (Å²) >= 11 is 3.25. The Morgan fingerprint density at radius 2 is 2.00 bits per heavy atom. The Kier molecular flexibility index (Phi) is 4.09. The highest BCUT2D eigenvalue weighted by molar-refractivity contribution is 7.11. The molecule has 0 fully saturated rings. The molecule has 2 rings (SSSR count). The Balaban J connectivity index is 2.12. The van der Waals surface area contributed by atoms with E-state index in [4.69, 9.17) is 0 Å². The summed E-state index contributed by atoms with van der Waals surface area (Å²) in [5, 5.41) is 5.19. The van der Waals surface area contributed by atoms with E-state index in [0.717, 1.165) is 17.2 Å². The summed E-state index contributed by atoms with van der Waals surface area (Å²) in [6.45, 7) is 9.29. The van der Waals surface area contributed by atoms with Crippen molar-refractivity contribution in [1.82, 2.24) is 19.5 Å². The smallest absolute Gasteiger partial charge is 0.0900 e. The number of aryl methyl sites for hydroxylation is 3. The van der Waals surface area contributed by atoms with E-state index in [9.17, 15) is 0 Å². The quantitative estimate of drug-likeness (QED) is 0.864. The molecule has 1 atom stereocenters. The highest BCUT2D eigenvalue weighted by Crippen LogP contribution is 2.27. The van der Waals surface area contributed by atoms with Crippen LogP contribution in [-0.2, 0) is 6.54 Å². The molecule has 0 spiro atoms. The standard InChI is InChI=1S/C12H18N4S2/c1-7-11(18-15-14-7)6-16(5)8(2)12-9(3)17-10(4)13-12/h8H,6H2,1-5H3. The molecule has 0 aromatic carbocycles. The predicted molar refractivity (Wildman–Crippen MR) is 76.1 cm³/mol. The van der Waals surface area contributed by atoms with Gasteiger partial charge in [0.1, 0.15) is 0 Å². The van der Waals surface area contributed by atoms with E-state index in [2.05, 4.69) is 47.3 Å². The lowest BCUT2D eigenvalue weighted by atomic mass is 10.2. The Hall–Kier alpha value is -0.850. The number of hydrogen-bond acceptors (Lipinski definition) is 6. The summed E-state index contributed by atoms with van der Waals surface area (Å²) in [6, 6.07) is 0.316. The van der Waals surface area contributed by atoms with Gasteiger partial charge in [-0.2, -0.15) is 0 Å². The number of rotatable bonds is 4. The molecule has 0 aliphatic rings. The molecule has 18 heavy (non-hydrogen) atoms.